The maximum atomic E-state index is 3.20. The van der Waals surface area contributed by atoms with Gasteiger partial charge in [-0.3, -0.25) is 0 Å². The Morgan fingerprint density at radius 1 is 1.21 bits per heavy atom. The fraction of sp³-hybridized carbons (Fsp3) is 0.429. The van der Waals surface area contributed by atoms with Crippen molar-refractivity contribution in [2.24, 2.45) is 0 Å². The molecule has 0 heteroatoms. The molecule has 0 aliphatic heterocycles. The van der Waals surface area contributed by atoms with Gasteiger partial charge in [-0.15, -0.1) is 5.92 Å². The van der Waals surface area contributed by atoms with E-state index in [0.29, 0.717) is 0 Å². The van der Waals surface area contributed by atoms with Crippen molar-refractivity contribution in [2.45, 2.75) is 39.0 Å². The molecule has 14 heavy (non-hydrogen) atoms. The van der Waals surface area contributed by atoms with Crippen molar-refractivity contribution in [3.8, 4) is 11.8 Å². The van der Waals surface area contributed by atoms with Crippen LogP contribution in [0, 0.1) is 17.9 Å². The van der Waals surface area contributed by atoms with Gasteiger partial charge < -0.3 is 0 Å². The second kappa shape index (κ2) is 7.21. The van der Waals surface area contributed by atoms with E-state index in [9.17, 15) is 0 Å². The molecular formula is C14H17. The summed E-state index contributed by atoms with van der Waals surface area (Å²) >= 11 is 0. The molecule has 0 unspecified atom stereocenters. The van der Waals surface area contributed by atoms with E-state index in [0.717, 1.165) is 12.8 Å². The van der Waals surface area contributed by atoms with Crippen LogP contribution in [-0.2, 0) is 6.42 Å². The molecule has 0 aliphatic carbocycles. The summed E-state index contributed by atoms with van der Waals surface area (Å²) in [6.07, 6.45) is 5.69. The summed E-state index contributed by atoms with van der Waals surface area (Å²) in [5, 5.41) is 0. The lowest BCUT2D eigenvalue weighted by molar-refractivity contribution is 0.737. The summed E-state index contributed by atoms with van der Waals surface area (Å²) in [6.45, 7) is 2.21. The molecule has 1 aromatic carbocycles. The fourth-order valence-electron chi connectivity index (χ4n) is 1.25. The van der Waals surface area contributed by atoms with Crippen molar-refractivity contribution >= 4 is 0 Å². The molecule has 0 saturated carbocycles. The summed E-state index contributed by atoms with van der Waals surface area (Å²) in [7, 11) is 0. The molecule has 0 spiro atoms. The lowest BCUT2D eigenvalue weighted by Crippen LogP contribution is -1.79. The summed E-state index contributed by atoms with van der Waals surface area (Å²) in [5.41, 5.74) is 1.19. The van der Waals surface area contributed by atoms with Gasteiger partial charge in [-0.1, -0.05) is 50.0 Å². The van der Waals surface area contributed by atoms with Gasteiger partial charge in [0.1, 0.15) is 0 Å². The largest absolute Gasteiger partial charge is 0.103 e. The van der Waals surface area contributed by atoms with Crippen molar-refractivity contribution in [2.75, 3.05) is 0 Å². The van der Waals surface area contributed by atoms with Crippen LogP contribution in [0.3, 0.4) is 0 Å². The van der Waals surface area contributed by atoms with E-state index in [4.69, 9.17) is 0 Å². The topological polar surface area (TPSA) is 0 Å². The van der Waals surface area contributed by atoms with Crippen LogP contribution in [0.2, 0.25) is 0 Å². The van der Waals surface area contributed by atoms with Crippen LogP contribution in [0.15, 0.2) is 24.3 Å². The Morgan fingerprint density at radius 3 is 2.86 bits per heavy atom. The standard InChI is InChI=1S/C14H17/c1-2-3-4-5-6-8-11-14-12-9-7-10-13-14/h7,9-10,12H,2-5,11H2,1H3. The Labute approximate surface area is 87.4 Å². The third-order valence-electron chi connectivity index (χ3n) is 2.08. The van der Waals surface area contributed by atoms with E-state index in [1.165, 1.54) is 24.8 Å². The van der Waals surface area contributed by atoms with E-state index in [1.54, 1.807) is 0 Å². The van der Waals surface area contributed by atoms with Crippen molar-refractivity contribution in [3.63, 3.8) is 0 Å². The lowest BCUT2D eigenvalue weighted by Gasteiger charge is -1.91. The molecule has 0 fully saturated rings. The highest BCUT2D eigenvalue weighted by molar-refractivity contribution is 5.19. The maximum absolute atomic E-state index is 3.20. The van der Waals surface area contributed by atoms with Crippen molar-refractivity contribution in [1.29, 1.82) is 0 Å². The molecule has 1 aromatic rings. The molecule has 0 aliphatic rings. The monoisotopic (exact) mass is 185 g/mol. The van der Waals surface area contributed by atoms with E-state index >= 15 is 0 Å². The highest BCUT2D eigenvalue weighted by atomic mass is 13.9. The van der Waals surface area contributed by atoms with Gasteiger partial charge in [0.2, 0.25) is 0 Å². The van der Waals surface area contributed by atoms with Gasteiger partial charge in [-0.05, 0) is 18.1 Å². The SMILES string of the molecule is CCCCCC#CCc1[c]cccc1. The normalized spacial score (nSPS) is 9.21. The summed E-state index contributed by atoms with van der Waals surface area (Å²) in [5.74, 6) is 6.38. The van der Waals surface area contributed by atoms with Crippen LogP contribution in [0.1, 0.15) is 38.2 Å². The highest BCUT2D eigenvalue weighted by Crippen LogP contribution is 1.99. The minimum atomic E-state index is 0.840. The molecule has 0 heterocycles. The molecule has 0 nitrogen and oxygen atoms in total. The molecule has 0 N–H and O–H groups in total. The fourth-order valence-corrected chi connectivity index (χ4v) is 1.25. The van der Waals surface area contributed by atoms with Crippen LogP contribution in [0.25, 0.3) is 0 Å². The minimum absolute atomic E-state index is 0.840. The number of hydrogen-bond acceptors (Lipinski definition) is 0. The maximum Gasteiger partial charge on any atom is 0.0346 e. The molecule has 0 aromatic heterocycles. The number of unbranched alkanes of at least 4 members (excludes halogenated alkanes) is 3. The average molecular weight is 185 g/mol. The predicted octanol–water partition coefficient (Wildman–Crippen LogP) is 3.61. The molecular weight excluding hydrogens is 168 g/mol. The van der Waals surface area contributed by atoms with E-state index < -0.39 is 0 Å². The number of rotatable bonds is 4. The van der Waals surface area contributed by atoms with Crippen LogP contribution < -0.4 is 0 Å². The first kappa shape index (κ1) is 10.9. The molecule has 1 rings (SSSR count). The zero-order valence-corrected chi connectivity index (χ0v) is 8.84. The lowest BCUT2D eigenvalue weighted by atomic mass is 10.1. The first-order valence-electron chi connectivity index (χ1n) is 5.35. The van der Waals surface area contributed by atoms with Gasteiger partial charge in [0.25, 0.3) is 0 Å². The molecule has 0 amide bonds. The quantitative estimate of drug-likeness (QED) is 0.496. The Hall–Kier alpha value is -1.22. The number of benzene rings is 1. The average Bonchev–Trinajstić information content (AvgIpc) is 2.25. The smallest absolute Gasteiger partial charge is 0.0346 e. The molecule has 0 atom stereocenters. The van der Waals surface area contributed by atoms with Crippen LogP contribution in [-0.4, -0.2) is 0 Å². The Morgan fingerprint density at radius 2 is 2.14 bits per heavy atom. The summed E-state index contributed by atoms with van der Waals surface area (Å²) in [4.78, 5) is 0. The third-order valence-corrected chi connectivity index (χ3v) is 2.08. The van der Waals surface area contributed by atoms with Gasteiger partial charge in [0, 0.05) is 12.8 Å². The second-order valence-corrected chi connectivity index (χ2v) is 3.38. The van der Waals surface area contributed by atoms with Gasteiger partial charge in [0.15, 0.2) is 0 Å². The van der Waals surface area contributed by atoms with E-state index in [1.807, 2.05) is 18.2 Å². The van der Waals surface area contributed by atoms with E-state index in [2.05, 4.69) is 30.9 Å². The first-order chi connectivity index (χ1) is 6.93. The number of hydrogen-bond donors (Lipinski definition) is 0. The molecule has 73 valence electrons. The predicted molar refractivity (Wildman–Crippen MR) is 60.9 cm³/mol. The van der Waals surface area contributed by atoms with Gasteiger partial charge in [-0.2, -0.15) is 0 Å². The van der Waals surface area contributed by atoms with Crippen molar-refractivity contribution < 1.29 is 0 Å². The third kappa shape index (κ3) is 4.72. The van der Waals surface area contributed by atoms with E-state index in [-0.39, 0.29) is 0 Å². The first-order valence-corrected chi connectivity index (χ1v) is 5.35. The van der Waals surface area contributed by atoms with Crippen molar-refractivity contribution in [3.05, 3.63) is 35.9 Å². The summed E-state index contributed by atoms with van der Waals surface area (Å²) < 4.78 is 0. The summed E-state index contributed by atoms with van der Waals surface area (Å²) in [6, 6.07) is 11.2. The highest BCUT2D eigenvalue weighted by Gasteiger charge is 1.85. The zero-order valence-electron chi connectivity index (χ0n) is 8.84. The van der Waals surface area contributed by atoms with Crippen LogP contribution >= 0.6 is 0 Å². The Balaban J connectivity index is 2.20. The van der Waals surface area contributed by atoms with Crippen molar-refractivity contribution in [1.82, 2.24) is 0 Å². The molecule has 0 saturated heterocycles. The Bertz CT molecular complexity index is 287. The zero-order chi connectivity index (χ0) is 10.1. The molecule has 1 radical (unpaired) electrons. The van der Waals surface area contributed by atoms with Gasteiger partial charge in [-0.25, -0.2) is 0 Å². The molecule has 0 bridgehead atoms. The van der Waals surface area contributed by atoms with Gasteiger partial charge >= 0.3 is 0 Å². The van der Waals surface area contributed by atoms with Crippen LogP contribution in [0.4, 0.5) is 0 Å². The minimum Gasteiger partial charge on any atom is -0.103 e. The Kier molecular flexibility index (Phi) is 5.59. The van der Waals surface area contributed by atoms with Crippen LogP contribution in [0.5, 0.6) is 0 Å². The second-order valence-electron chi connectivity index (χ2n) is 3.38. The van der Waals surface area contributed by atoms with Gasteiger partial charge in [0.05, 0.1) is 0 Å².